The molecule has 0 spiro atoms. The number of hydrogen-bond donors (Lipinski definition) is 1. The van der Waals surface area contributed by atoms with E-state index in [1.807, 2.05) is 37.5 Å². The van der Waals surface area contributed by atoms with Crippen molar-refractivity contribution in [1.29, 1.82) is 0 Å². The van der Waals surface area contributed by atoms with Crippen LogP contribution in [0.25, 0.3) is 10.6 Å². The molecule has 2 heterocycles. The van der Waals surface area contributed by atoms with Crippen molar-refractivity contribution >= 4 is 22.9 Å². The molecule has 0 unspecified atom stereocenters. The Morgan fingerprint density at radius 3 is 3.04 bits per heavy atom. The maximum atomic E-state index is 12.4. The molecular weight excluding hydrogens is 336 g/mol. The predicted molar refractivity (Wildman–Crippen MR) is 99.1 cm³/mol. The van der Waals surface area contributed by atoms with Crippen LogP contribution in [0.3, 0.4) is 0 Å². The fourth-order valence-electron chi connectivity index (χ4n) is 2.24. The number of nitrogens with zero attached hydrogens (tertiary/aromatic N) is 3. The van der Waals surface area contributed by atoms with E-state index < -0.39 is 0 Å². The Morgan fingerprint density at radius 2 is 2.28 bits per heavy atom. The van der Waals surface area contributed by atoms with Gasteiger partial charge in [-0.05, 0) is 18.6 Å². The summed E-state index contributed by atoms with van der Waals surface area (Å²) in [7, 11) is 1.85. The van der Waals surface area contributed by atoms with E-state index in [0.717, 1.165) is 29.2 Å². The highest BCUT2D eigenvalue weighted by molar-refractivity contribution is 7.13. The second kappa shape index (κ2) is 7.94. The number of thiazole rings is 1. The van der Waals surface area contributed by atoms with Gasteiger partial charge in [-0.2, -0.15) is 5.10 Å². The van der Waals surface area contributed by atoms with E-state index in [1.165, 1.54) is 11.3 Å². The van der Waals surface area contributed by atoms with Crippen molar-refractivity contribution in [2.24, 2.45) is 7.05 Å². The van der Waals surface area contributed by atoms with Gasteiger partial charge in [0.2, 0.25) is 0 Å². The van der Waals surface area contributed by atoms with Gasteiger partial charge >= 0.3 is 0 Å². The molecule has 0 saturated heterocycles. The molecule has 3 rings (SSSR count). The van der Waals surface area contributed by atoms with Gasteiger partial charge in [0, 0.05) is 35.9 Å². The summed E-state index contributed by atoms with van der Waals surface area (Å²) in [6.07, 6.45) is 5.70. The molecule has 1 N–H and O–H groups in total. The third-order valence-corrected chi connectivity index (χ3v) is 4.44. The number of aromatic nitrogens is 3. The lowest BCUT2D eigenvalue weighted by atomic mass is 10.3. The molecule has 25 heavy (non-hydrogen) atoms. The Labute approximate surface area is 150 Å². The first kappa shape index (κ1) is 17.2. The number of anilines is 1. The molecule has 0 aliphatic carbocycles. The van der Waals surface area contributed by atoms with Gasteiger partial charge in [0.05, 0.1) is 12.8 Å². The summed E-state index contributed by atoms with van der Waals surface area (Å²) in [5, 5.41) is 9.51. The number of rotatable bonds is 7. The SMILES string of the molecule is CCCCOc1cccc(NC(=O)c2csc(-c3cnn(C)c3)n2)c1. The number of hydrogen-bond acceptors (Lipinski definition) is 5. The highest BCUT2D eigenvalue weighted by Crippen LogP contribution is 2.24. The molecule has 7 heteroatoms. The number of carbonyl (C=O) groups is 1. The molecule has 0 atom stereocenters. The third-order valence-electron chi connectivity index (χ3n) is 3.55. The second-order valence-corrected chi connectivity index (χ2v) is 6.48. The van der Waals surface area contributed by atoms with Crippen LogP contribution in [0.5, 0.6) is 5.75 Å². The highest BCUT2D eigenvalue weighted by Gasteiger charge is 2.13. The van der Waals surface area contributed by atoms with Crippen molar-refractivity contribution in [3.8, 4) is 16.3 Å². The lowest BCUT2D eigenvalue weighted by Crippen LogP contribution is -2.12. The summed E-state index contributed by atoms with van der Waals surface area (Å²) in [6, 6.07) is 7.40. The molecule has 0 fully saturated rings. The van der Waals surface area contributed by atoms with Crippen LogP contribution in [-0.2, 0) is 7.05 Å². The van der Waals surface area contributed by atoms with E-state index in [9.17, 15) is 4.79 Å². The minimum absolute atomic E-state index is 0.239. The van der Waals surface area contributed by atoms with Crippen LogP contribution in [0.1, 0.15) is 30.3 Å². The van der Waals surface area contributed by atoms with Gasteiger partial charge in [0.25, 0.3) is 5.91 Å². The predicted octanol–water partition coefficient (Wildman–Crippen LogP) is 3.97. The van der Waals surface area contributed by atoms with Crippen molar-refractivity contribution in [1.82, 2.24) is 14.8 Å². The molecule has 0 aliphatic heterocycles. The number of nitrogens with one attached hydrogen (secondary N) is 1. The molecule has 6 nitrogen and oxygen atoms in total. The molecule has 130 valence electrons. The third kappa shape index (κ3) is 4.45. The van der Waals surface area contributed by atoms with Crippen molar-refractivity contribution in [2.45, 2.75) is 19.8 Å². The van der Waals surface area contributed by atoms with Crippen LogP contribution in [0.2, 0.25) is 0 Å². The van der Waals surface area contributed by atoms with Crippen LogP contribution in [0, 0.1) is 0 Å². The fraction of sp³-hybridized carbons (Fsp3) is 0.278. The van der Waals surface area contributed by atoms with E-state index in [0.29, 0.717) is 18.0 Å². The van der Waals surface area contributed by atoms with Crippen LogP contribution >= 0.6 is 11.3 Å². The van der Waals surface area contributed by atoms with Gasteiger partial charge in [-0.1, -0.05) is 19.4 Å². The normalized spacial score (nSPS) is 10.6. The van der Waals surface area contributed by atoms with Crippen molar-refractivity contribution in [3.63, 3.8) is 0 Å². The minimum Gasteiger partial charge on any atom is -0.494 e. The minimum atomic E-state index is -0.239. The first-order chi connectivity index (χ1) is 12.2. The maximum Gasteiger partial charge on any atom is 0.275 e. The van der Waals surface area contributed by atoms with Crippen LogP contribution in [0.15, 0.2) is 42.0 Å². The number of benzene rings is 1. The molecule has 0 radical (unpaired) electrons. The fourth-order valence-corrected chi connectivity index (χ4v) is 3.01. The number of aryl methyl sites for hydroxylation is 1. The number of ether oxygens (including phenoxy) is 1. The summed E-state index contributed by atoms with van der Waals surface area (Å²) in [5.74, 6) is 0.512. The zero-order valence-electron chi connectivity index (χ0n) is 14.2. The van der Waals surface area contributed by atoms with Gasteiger partial charge in [-0.15, -0.1) is 11.3 Å². The Balaban J connectivity index is 1.66. The Bertz CT molecular complexity index is 856. The van der Waals surface area contributed by atoms with Crippen molar-refractivity contribution in [3.05, 3.63) is 47.7 Å². The molecule has 1 aromatic carbocycles. The zero-order chi connectivity index (χ0) is 17.6. The van der Waals surface area contributed by atoms with E-state index in [-0.39, 0.29) is 5.91 Å². The van der Waals surface area contributed by atoms with E-state index >= 15 is 0 Å². The summed E-state index contributed by atoms with van der Waals surface area (Å²) >= 11 is 1.42. The van der Waals surface area contributed by atoms with E-state index in [1.54, 1.807) is 16.3 Å². The maximum absolute atomic E-state index is 12.4. The van der Waals surface area contributed by atoms with Crippen LogP contribution < -0.4 is 10.1 Å². The Morgan fingerprint density at radius 1 is 1.40 bits per heavy atom. The standard InChI is InChI=1S/C18H20N4O2S/c1-3-4-8-24-15-7-5-6-14(9-15)20-17(23)16-12-25-18(21-16)13-10-19-22(2)11-13/h5-7,9-12H,3-4,8H2,1-2H3,(H,20,23). The average molecular weight is 356 g/mol. The first-order valence-electron chi connectivity index (χ1n) is 8.14. The first-order valence-corrected chi connectivity index (χ1v) is 9.02. The second-order valence-electron chi connectivity index (χ2n) is 5.62. The number of unbranched alkanes of at least 4 members (excludes halogenated alkanes) is 1. The van der Waals surface area contributed by atoms with Gasteiger partial charge in [-0.3, -0.25) is 9.48 Å². The highest BCUT2D eigenvalue weighted by atomic mass is 32.1. The zero-order valence-corrected chi connectivity index (χ0v) is 15.0. The van der Waals surface area contributed by atoms with Gasteiger partial charge < -0.3 is 10.1 Å². The van der Waals surface area contributed by atoms with Gasteiger partial charge in [-0.25, -0.2) is 4.98 Å². The molecule has 2 aromatic heterocycles. The van der Waals surface area contributed by atoms with Gasteiger partial charge in [0.15, 0.2) is 0 Å². The molecule has 0 bridgehead atoms. The average Bonchev–Trinajstić information content (AvgIpc) is 3.24. The quantitative estimate of drug-likeness (QED) is 0.650. The largest absolute Gasteiger partial charge is 0.494 e. The van der Waals surface area contributed by atoms with E-state index in [4.69, 9.17) is 4.74 Å². The number of carbonyl (C=O) groups excluding carboxylic acids is 1. The Kier molecular flexibility index (Phi) is 5.45. The molecular formula is C18H20N4O2S. The molecule has 0 aliphatic rings. The summed E-state index contributed by atoms with van der Waals surface area (Å²) in [5.41, 5.74) is 1.98. The lowest BCUT2D eigenvalue weighted by Gasteiger charge is -2.08. The smallest absolute Gasteiger partial charge is 0.275 e. The summed E-state index contributed by atoms with van der Waals surface area (Å²) in [6.45, 7) is 2.79. The Hall–Kier alpha value is -2.67. The monoisotopic (exact) mass is 356 g/mol. The van der Waals surface area contributed by atoms with Crippen LogP contribution in [0.4, 0.5) is 5.69 Å². The summed E-state index contributed by atoms with van der Waals surface area (Å²) < 4.78 is 7.37. The molecule has 3 aromatic rings. The van der Waals surface area contributed by atoms with Crippen molar-refractivity contribution in [2.75, 3.05) is 11.9 Å². The van der Waals surface area contributed by atoms with Gasteiger partial charge in [0.1, 0.15) is 16.5 Å². The van der Waals surface area contributed by atoms with Crippen molar-refractivity contribution < 1.29 is 9.53 Å². The van der Waals surface area contributed by atoms with E-state index in [2.05, 4.69) is 22.3 Å². The topological polar surface area (TPSA) is 69.0 Å². The number of amides is 1. The lowest BCUT2D eigenvalue weighted by molar-refractivity contribution is 0.102. The van der Waals surface area contributed by atoms with Crippen LogP contribution in [-0.4, -0.2) is 27.3 Å². The molecule has 1 amide bonds. The summed E-state index contributed by atoms with van der Waals surface area (Å²) in [4.78, 5) is 16.8. The molecule has 0 saturated carbocycles.